The summed E-state index contributed by atoms with van der Waals surface area (Å²) in [6.45, 7) is 3.04. The molecule has 1 aromatic carbocycles. The van der Waals surface area contributed by atoms with Crippen LogP contribution in [-0.4, -0.2) is 33.9 Å². The van der Waals surface area contributed by atoms with Crippen LogP contribution in [0.5, 0.6) is 5.75 Å². The van der Waals surface area contributed by atoms with E-state index >= 15 is 0 Å². The lowest BCUT2D eigenvalue weighted by atomic mass is 10.1. The van der Waals surface area contributed by atoms with Gasteiger partial charge in [0.05, 0.1) is 24.6 Å². The molecule has 122 valence electrons. The number of carboxylic acids is 1. The van der Waals surface area contributed by atoms with Crippen LogP contribution in [0.15, 0.2) is 35.1 Å². The highest BCUT2D eigenvalue weighted by molar-refractivity contribution is 9.10. The molecule has 23 heavy (non-hydrogen) atoms. The average molecular weight is 382 g/mol. The fraction of sp³-hybridized carbons (Fsp3) is 0.267. The highest BCUT2D eigenvalue weighted by Gasteiger charge is 2.30. The number of benzene rings is 1. The van der Waals surface area contributed by atoms with Crippen LogP contribution in [0.4, 0.5) is 5.69 Å². The Morgan fingerprint density at radius 1 is 1.39 bits per heavy atom. The average Bonchev–Trinajstić information content (AvgIpc) is 2.95. The van der Waals surface area contributed by atoms with Gasteiger partial charge in [-0.25, -0.2) is 4.79 Å². The van der Waals surface area contributed by atoms with Gasteiger partial charge in [0, 0.05) is 10.7 Å². The Morgan fingerprint density at radius 2 is 2.09 bits per heavy atom. The molecular weight excluding hydrogens is 366 g/mol. The van der Waals surface area contributed by atoms with Crippen molar-refractivity contribution < 1.29 is 19.4 Å². The topological polar surface area (TPSA) is 93.5 Å². The van der Waals surface area contributed by atoms with Crippen LogP contribution in [0.1, 0.15) is 24.2 Å². The number of hydrogen-bond donors (Lipinski definition) is 2. The second kappa shape index (κ2) is 6.41. The van der Waals surface area contributed by atoms with Gasteiger partial charge in [-0.1, -0.05) is 15.9 Å². The fourth-order valence-electron chi connectivity index (χ4n) is 1.84. The second-order valence-electron chi connectivity index (χ2n) is 5.34. The van der Waals surface area contributed by atoms with Gasteiger partial charge in [0.1, 0.15) is 5.75 Å². The maximum Gasteiger partial charge on any atom is 0.331 e. The van der Waals surface area contributed by atoms with E-state index in [4.69, 9.17) is 4.74 Å². The molecule has 1 heterocycles. The molecule has 0 saturated carbocycles. The number of hydrogen-bond acceptors (Lipinski definition) is 4. The zero-order chi connectivity index (χ0) is 17.2. The van der Waals surface area contributed by atoms with Crippen molar-refractivity contribution in [1.82, 2.24) is 9.78 Å². The van der Waals surface area contributed by atoms with Gasteiger partial charge in [-0.15, -0.1) is 0 Å². The number of anilines is 1. The van der Waals surface area contributed by atoms with E-state index in [1.165, 1.54) is 38.0 Å². The number of halogens is 1. The molecule has 0 aliphatic heterocycles. The maximum absolute atomic E-state index is 12.3. The van der Waals surface area contributed by atoms with Crippen molar-refractivity contribution in [1.29, 1.82) is 0 Å². The van der Waals surface area contributed by atoms with Crippen LogP contribution in [0.2, 0.25) is 0 Å². The molecule has 7 nitrogen and oxygen atoms in total. The van der Waals surface area contributed by atoms with Gasteiger partial charge in [0.2, 0.25) is 0 Å². The number of aliphatic carboxylic acids is 1. The van der Waals surface area contributed by atoms with E-state index in [2.05, 4.69) is 26.3 Å². The summed E-state index contributed by atoms with van der Waals surface area (Å²) >= 11 is 3.31. The van der Waals surface area contributed by atoms with E-state index in [-0.39, 0.29) is 5.91 Å². The van der Waals surface area contributed by atoms with E-state index < -0.39 is 11.5 Å². The lowest BCUT2D eigenvalue weighted by Gasteiger charge is -2.19. The van der Waals surface area contributed by atoms with Gasteiger partial charge < -0.3 is 15.2 Å². The second-order valence-corrected chi connectivity index (χ2v) is 6.25. The summed E-state index contributed by atoms with van der Waals surface area (Å²) in [6, 6.07) is 5.05. The van der Waals surface area contributed by atoms with Crippen molar-refractivity contribution in [2.24, 2.45) is 0 Å². The normalized spacial score (nSPS) is 11.1. The van der Waals surface area contributed by atoms with Gasteiger partial charge in [-0.2, -0.15) is 5.10 Å². The number of carboxylic acid groups (broad SMARTS) is 1. The number of amides is 1. The lowest BCUT2D eigenvalue weighted by Crippen LogP contribution is -2.35. The summed E-state index contributed by atoms with van der Waals surface area (Å²) in [5.74, 6) is -0.967. The number of nitrogens with one attached hydrogen (secondary N) is 1. The van der Waals surface area contributed by atoms with Crippen LogP contribution in [0, 0.1) is 0 Å². The molecule has 2 aromatic rings. The van der Waals surface area contributed by atoms with Crippen molar-refractivity contribution in [3.63, 3.8) is 0 Å². The number of carbonyl (C=O) groups excluding carboxylic acids is 1. The minimum atomic E-state index is -1.21. The largest absolute Gasteiger partial charge is 0.496 e. The van der Waals surface area contributed by atoms with Gasteiger partial charge in [-0.05, 0) is 32.0 Å². The first-order valence-electron chi connectivity index (χ1n) is 6.69. The Hall–Kier alpha value is -2.35. The summed E-state index contributed by atoms with van der Waals surface area (Å²) in [4.78, 5) is 23.6. The van der Waals surface area contributed by atoms with E-state index in [9.17, 15) is 14.7 Å². The molecule has 0 aliphatic carbocycles. The predicted molar refractivity (Wildman–Crippen MR) is 87.8 cm³/mol. The minimum absolute atomic E-state index is 0.362. The van der Waals surface area contributed by atoms with Gasteiger partial charge in [-0.3, -0.25) is 9.48 Å². The molecule has 0 spiro atoms. The Balaban J connectivity index is 2.22. The van der Waals surface area contributed by atoms with Crippen molar-refractivity contribution in [2.75, 3.05) is 12.4 Å². The molecule has 0 aliphatic rings. The SMILES string of the molecule is COc1cc(Br)ccc1C(=O)Nc1cnn(C(C)(C)C(=O)O)c1. The third kappa shape index (κ3) is 3.53. The summed E-state index contributed by atoms with van der Waals surface area (Å²) in [7, 11) is 1.48. The minimum Gasteiger partial charge on any atom is -0.496 e. The standard InChI is InChI=1S/C15H16BrN3O4/c1-15(2,14(21)22)19-8-10(7-17-19)18-13(20)11-5-4-9(16)6-12(11)23-3/h4-8H,1-3H3,(H,18,20)(H,21,22). The van der Waals surface area contributed by atoms with Crippen LogP contribution in [0.3, 0.4) is 0 Å². The molecule has 0 radical (unpaired) electrons. The zero-order valence-corrected chi connectivity index (χ0v) is 14.4. The quantitative estimate of drug-likeness (QED) is 0.830. The molecule has 0 saturated heterocycles. The van der Waals surface area contributed by atoms with Crippen molar-refractivity contribution >= 4 is 33.5 Å². The van der Waals surface area contributed by atoms with E-state index in [0.717, 1.165) is 4.47 Å². The molecule has 0 bridgehead atoms. The van der Waals surface area contributed by atoms with Gasteiger partial charge >= 0.3 is 5.97 Å². The third-order valence-electron chi connectivity index (χ3n) is 3.34. The Bertz CT molecular complexity index is 755. The smallest absolute Gasteiger partial charge is 0.331 e. The number of nitrogens with zero attached hydrogens (tertiary/aromatic N) is 2. The number of ether oxygens (including phenoxy) is 1. The molecule has 2 N–H and O–H groups in total. The number of rotatable bonds is 5. The first-order chi connectivity index (χ1) is 10.8. The van der Waals surface area contributed by atoms with Gasteiger partial charge in [0.15, 0.2) is 5.54 Å². The summed E-state index contributed by atoms with van der Waals surface area (Å²) in [5, 5.41) is 15.9. The van der Waals surface area contributed by atoms with Crippen LogP contribution in [-0.2, 0) is 10.3 Å². The Labute approximate surface area is 141 Å². The molecular formula is C15H16BrN3O4. The van der Waals surface area contributed by atoms with Crippen molar-refractivity contribution in [2.45, 2.75) is 19.4 Å². The first kappa shape index (κ1) is 17.0. The molecule has 0 unspecified atom stereocenters. The van der Waals surface area contributed by atoms with E-state index in [1.54, 1.807) is 18.2 Å². The Kier molecular flexibility index (Phi) is 4.74. The van der Waals surface area contributed by atoms with Crippen molar-refractivity contribution in [3.8, 4) is 5.75 Å². The molecule has 0 atom stereocenters. The van der Waals surface area contributed by atoms with Gasteiger partial charge in [0.25, 0.3) is 5.91 Å². The number of methoxy groups -OCH3 is 1. The molecule has 8 heteroatoms. The third-order valence-corrected chi connectivity index (χ3v) is 3.84. The first-order valence-corrected chi connectivity index (χ1v) is 7.48. The predicted octanol–water partition coefficient (Wildman–Crippen LogP) is 2.73. The molecule has 1 amide bonds. The lowest BCUT2D eigenvalue weighted by molar-refractivity contribution is -0.146. The summed E-state index contributed by atoms with van der Waals surface area (Å²) in [5.41, 5.74) is -0.451. The zero-order valence-electron chi connectivity index (χ0n) is 12.8. The Morgan fingerprint density at radius 3 is 2.70 bits per heavy atom. The highest BCUT2D eigenvalue weighted by atomic mass is 79.9. The van der Waals surface area contributed by atoms with E-state index in [1.807, 2.05) is 0 Å². The molecule has 1 aromatic heterocycles. The monoisotopic (exact) mass is 381 g/mol. The molecule has 0 fully saturated rings. The number of aromatic nitrogens is 2. The summed E-state index contributed by atoms with van der Waals surface area (Å²) < 4.78 is 7.26. The molecule has 2 rings (SSSR count). The van der Waals surface area contributed by atoms with Crippen LogP contribution >= 0.6 is 15.9 Å². The maximum atomic E-state index is 12.3. The van der Waals surface area contributed by atoms with E-state index in [0.29, 0.717) is 17.0 Å². The summed E-state index contributed by atoms with van der Waals surface area (Å²) in [6.07, 6.45) is 2.87. The highest BCUT2D eigenvalue weighted by Crippen LogP contribution is 2.25. The number of carbonyl (C=O) groups is 2. The van der Waals surface area contributed by atoms with Crippen LogP contribution in [0.25, 0.3) is 0 Å². The van der Waals surface area contributed by atoms with Crippen molar-refractivity contribution in [3.05, 3.63) is 40.6 Å². The van der Waals surface area contributed by atoms with Crippen LogP contribution < -0.4 is 10.1 Å². The fourth-order valence-corrected chi connectivity index (χ4v) is 2.18.